The summed E-state index contributed by atoms with van der Waals surface area (Å²) in [7, 11) is 3.83. The average Bonchev–Trinajstić information content (AvgIpc) is 2.76. The Balaban J connectivity index is 2.15. The van der Waals surface area contributed by atoms with Gasteiger partial charge in [0.25, 0.3) is 0 Å². The van der Waals surface area contributed by atoms with Gasteiger partial charge in [-0.1, -0.05) is 11.6 Å². The molecule has 0 heterocycles. The van der Waals surface area contributed by atoms with Gasteiger partial charge in [0.15, 0.2) is 5.78 Å². The summed E-state index contributed by atoms with van der Waals surface area (Å²) in [4.78, 5) is 48.6. The highest BCUT2D eigenvalue weighted by Crippen LogP contribution is 2.25. The van der Waals surface area contributed by atoms with Crippen LogP contribution in [-0.4, -0.2) is 45.0 Å². The van der Waals surface area contributed by atoms with Gasteiger partial charge < -0.3 is 19.5 Å². The maximum absolute atomic E-state index is 12.5. The molecule has 8 nitrogen and oxygen atoms in total. The first-order chi connectivity index (χ1) is 14.3. The monoisotopic (exact) mass is 433 g/mol. The lowest BCUT2D eigenvalue weighted by Crippen LogP contribution is -2.17. The van der Waals surface area contributed by atoms with Crippen molar-refractivity contribution in [3.8, 4) is 5.75 Å². The zero-order valence-corrected chi connectivity index (χ0v) is 17.4. The van der Waals surface area contributed by atoms with Crippen molar-refractivity contribution in [1.82, 2.24) is 0 Å². The molecule has 0 atom stereocenters. The van der Waals surface area contributed by atoms with Crippen LogP contribution < -0.4 is 10.1 Å². The van der Waals surface area contributed by atoms with Crippen molar-refractivity contribution in [2.75, 3.05) is 26.6 Å². The first kappa shape index (κ1) is 22.9. The SMILES string of the molecule is COC(=O)c1ccc(C(=O)OC)c(NC(=O)CCC(=O)c2cc(Cl)ccc2OC)c1. The van der Waals surface area contributed by atoms with Gasteiger partial charge >= 0.3 is 11.9 Å². The van der Waals surface area contributed by atoms with Crippen LogP contribution in [0.5, 0.6) is 5.75 Å². The second-order valence-electron chi connectivity index (χ2n) is 6.06. The summed E-state index contributed by atoms with van der Waals surface area (Å²) in [5.74, 6) is -1.84. The van der Waals surface area contributed by atoms with Crippen LogP contribution >= 0.6 is 11.6 Å². The third kappa shape index (κ3) is 5.57. The number of hydrogen-bond acceptors (Lipinski definition) is 7. The number of hydrogen-bond donors (Lipinski definition) is 1. The Morgan fingerprint density at radius 1 is 0.867 bits per heavy atom. The number of nitrogens with one attached hydrogen (secondary N) is 1. The summed E-state index contributed by atoms with van der Waals surface area (Å²) >= 11 is 5.93. The molecule has 158 valence electrons. The minimum absolute atomic E-state index is 0.0568. The van der Waals surface area contributed by atoms with Crippen LogP contribution in [0.3, 0.4) is 0 Å². The van der Waals surface area contributed by atoms with Gasteiger partial charge in [-0.05, 0) is 36.4 Å². The lowest BCUT2D eigenvalue weighted by Gasteiger charge is -2.12. The van der Waals surface area contributed by atoms with Crippen molar-refractivity contribution >= 4 is 40.9 Å². The van der Waals surface area contributed by atoms with E-state index in [1.807, 2.05) is 0 Å². The second-order valence-corrected chi connectivity index (χ2v) is 6.50. The average molecular weight is 434 g/mol. The fourth-order valence-electron chi connectivity index (χ4n) is 2.65. The van der Waals surface area contributed by atoms with Crippen molar-refractivity contribution in [3.05, 3.63) is 58.1 Å². The molecule has 1 amide bonds. The predicted octanol–water partition coefficient (Wildman–Crippen LogP) is 3.52. The van der Waals surface area contributed by atoms with Gasteiger partial charge in [-0.15, -0.1) is 0 Å². The van der Waals surface area contributed by atoms with E-state index in [1.54, 1.807) is 12.1 Å². The van der Waals surface area contributed by atoms with Crippen molar-refractivity contribution in [2.24, 2.45) is 0 Å². The number of rotatable bonds is 8. The number of benzene rings is 2. The maximum atomic E-state index is 12.5. The molecule has 0 bridgehead atoms. The second kappa shape index (κ2) is 10.4. The molecule has 0 aliphatic carbocycles. The minimum Gasteiger partial charge on any atom is -0.496 e. The van der Waals surface area contributed by atoms with Crippen LogP contribution in [0.2, 0.25) is 5.02 Å². The number of amides is 1. The molecule has 0 aliphatic heterocycles. The molecule has 0 fully saturated rings. The zero-order valence-electron chi connectivity index (χ0n) is 16.6. The highest BCUT2D eigenvalue weighted by Gasteiger charge is 2.19. The number of Topliss-reactive ketones (excluding diaryl/α,β-unsaturated/α-hetero) is 1. The Kier molecular flexibility index (Phi) is 7.94. The number of anilines is 1. The topological polar surface area (TPSA) is 108 Å². The summed E-state index contributed by atoms with van der Waals surface area (Å²) in [6, 6.07) is 8.65. The van der Waals surface area contributed by atoms with Crippen molar-refractivity contribution < 1.29 is 33.4 Å². The quantitative estimate of drug-likeness (QED) is 0.501. The molecular formula is C21H20ClNO7. The van der Waals surface area contributed by atoms with Crippen LogP contribution in [0.4, 0.5) is 5.69 Å². The van der Waals surface area contributed by atoms with E-state index >= 15 is 0 Å². The largest absolute Gasteiger partial charge is 0.496 e. The Morgan fingerprint density at radius 3 is 2.20 bits per heavy atom. The Bertz CT molecular complexity index is 987. The van der Waals surface area contributed by atoms with E-state index in [4.69, 9.17) is 21.1 Å². The number of carbonyl (C=O) groups is 4. The van der Waals surface area contributed by atoms with Gasteiger partial charge in [0.05, 0.1) is 43.7 Å². The van der Waals surface area contributed by atoms with Crippen molar-refractivity contribution in [1.29, 1.82) is 0 Å². The van der Waals surface area contributed by atoms with E-state index in [1.165, 1.54) is 45.6 Å². The smallest absolute Gasteiger partial charge is 0.339 e. The Labute approximate surface area is 178 Å². The van der Waals surface area contributed by atoms with E-state index in [-0.39, 0.29) is 41.0 Å². The van der Waals surface area contributed by atoms with E-state index in [0.717, 1.165) is 0 Å². The molecule has 0 aromatic heterocycles. The van der Waals surface area contributed by atoms with Crippen LogP contribution in [0, 0.1) is 0 Å². The fourth-order valence-corrected chi connectivity index (χ4v) is 2.83. The Morgan fingerprint density at radius 2 is 1.57 bits per heavy atom. The van der Waals surface area contributed by atoms with Gasteiger partial charge in [-0.3, -0.25) is 9.59 Å². The standard InChI is InChI=1S/C21H20ClNO7/c1-28-18-8-5-13(22)11-15(18)17(24)7-9-19(25)23-16-10-12(20(26)29-2)4-6-14(16)21(27)30-3/h4-6,8,10-11H,7,9H2,1-3H3,(H,23,25). The lowest BCUT2D eigenvalue weighted by molar-refractivity contribution is -0.116. The molecule has 0 aliphatic rings. The number of carbonyl (C=O) groups excluding carboxylic acids is 4. The first-order valence-electron chi connectivity index (χ1n) is 8.78. The first-order valence-corrected chi connectivity index (χ1v) is 9.15. The molecule has 0 radical (unpaired) electrons. The lowest BCUT2D eigenvalue weighted by atomic mass is 10.0. The highest BCUT2D eigenvalue weighted by atomic mass is 35.5. The summed E-state index contributed by atoms with van der Waals surface area (Å²) in [6.45, 7) is 0. The van der Waals surface area contributed by atoms with Gasteiger partial charge in [-0.25, -0.2) is 9.59 Å². The number of ether oxygens (including phenoxy) is 3. The van der Waals surface area contributed by atoms with Crippen LogP contribution in [0.1, 0.15) is 43.9 Å². The molecule has 2 aromatic carbocycles. The van der Waals surface area contributed by atoms with Gasteiger partial charge in [0.1, 0.15) is 5.75 Å². The molecule has 0 unspecified atom stereocenters. The normalized spacial score (nSPS) is 10.1. The summed E-state index contributed by atoms with van der Waals surface area (Å²) in [6.07, 6.45) is -0.287. The van der Waals surface area contributed by atoms with Crippen molar-refractivity contribution in [3.63, 3.8) is 0 Å². The molecular weight excluding hydrogens is 414 g/mol. The molecule has 30 heavy (non-hydrogen) atoms. The highest BCUT2D eigenvalue weighted by molar-refractivity contribution is 6.31. The maximum Gasteiger partial charge on any atom is 0.339 e. The predicted molar refractivity (Wildman–Crippen MR) is 109 cm³/mol. The zero-order chi connectivity index (χ0) is 22.3. The van der Waals surface area contributed by atoms with Crippen molar-refractivity contribution in [2.45, 2.75) is 12.8 Å². The molecule has 0 saturated heterocycles. The number of methoxy groups -OCH3 is 3. The summed E-state index contributed by atoms with van der Waals surface area (Å²) in [5, 5.41) is 2.90. The molecule has 1 N–H and O–H groups in total. The Hall–Kier alpha value is -3.39. The van der Waals surface area contributed by atoms with Crippen LogP contribution in [0.15, 0.2) is 36.4 Å². The van der Waals surface area contributed by atoms with E-state index in [0.29, 0.717) is 10.8 Å². The summed E-state index contributed by atoms with van der Waals surface area (Å²) in [5.41, 5.74) is 0.532. The van der Waals surface area contributed by atoms with E-state index < -0.39 is 17.8 Å². The molecule has 2 rings (SSSR count). The van der Waals surface area contributed by atoms with E-state index in [2.05, 4.69) is 10.1 Å². The molecule has 0 saturated carbocycles. The minimum atomic E-state index is -0.693. The number of halogens is 1. The number of ketones is 1. The van der Waals surface area contributed by atoms with Crippen LogP contribution in [0.25, 0.3) is 0 Å². The summed E-state index contributed by atoms with van der Waals surface area (Å²) < 4.78 is 14.5. The van der Waals surface area contributed by atoms with Crippen LogP contribution in [-0.2, 0) is 14.3 Å². The van der Waals surface area contributed by atoms with Gasteiger partial charge in [0.2, 0.25) is 5.91 Å². The third-order valence-electron chi connectivity index (χ3n) is 4.16. The fraction of sp³-hybridized carbons (Fsp3) is 0.238. The van der Waals surface area contributed by atoms with Gasteiger partial charge in [0, 0.05) is 17.9 Å². The number of esters is 2. The molecule has 0 spiro atoms. The molecule has 9 heteroatoms. The third-order valence-corrected chi connectivity index (χ3v) is 4.40. The molecule has 2 aromatic rings. The van der Waals surface area contributed by atoms with E-state index in [9.17, 15) is 19.2 Å². The van der Waals surface area contributed by atoms with Gasteiger partial charge in [-0.2, -0.15) is 0 Å².